The van der Waals surface area contributed by atoms with Gasteiger partial charge in [0.2, 0.25) is 0 Å². The summed E-state index contributed by atoms with van der Waals surface area (Å²) < 4.78 is 6.06. The molecule has 0 aromatic heterocycles. The van der Waals surface area contributed by atoms with Gasteiger partial charge in [-0.15, -0.1) is 0 Å². The van der Waals surface area contributed by atoms with Crippen LogP contribution >= 0.6 is 0 Å². The summed E-state index contributed by atoms with van der Waals surface area (Å²) in [6.07, 6.45) is 6.58. The first-order chi connectivity index (χ1) is 16.8. The maximum atomic E-state index is 13.3. The fraction of sp³-hybridized carbons (Fsp3) is 0.900. The molecule has 5 aliphatic rings. The van der Waals surface area contributed by atoms with Gasteiger partial charge < -0.3 is 25.2 Å². The summed E-state index contributed by atoms with van der Waals surface area (Å²) in [5.74, 6) is 0.173. The third-order valence-corrected chi connectivity index (χ3v) is 12.1. The Morgan fingerprint density at radius 3 is 2.58 bits per heavy atom. The molecule has 204 valence electrons. The normalized spacial score (nSPS) is 51.1. The molecule has 5 rings (SSSR count). The molecule has 6 nitrogen and oxygen atoms in total. The first-order valence-corrected chi connectivity index (χ1v) is 14.5. The van der Waals surface area contributed by atoms with Gasteiger partial charge in [0.1, 0.15) is 6.10 Å². The first kappa shape index (κ1) is 26.8. The van der Waals surface area contributed by atoms with Crippen molar-refractivity contribution in [2.45, 2.75) is 122 Å². The molecule has 1 aliphatic heterocycles. The minimum atomic E-state index is -1.42. The molecular formula is C30H48O6. The van der Waals surface area contributed by atoms with Crippen molar-refractivity contribution in [1.82, 2.24) is 0 Å². The number of aliphatic hydroxyl groups is 4. The van der Waals surface area contributed by atoms with E-state index in [-0.39, 0.29) is 34.9 Å². The van der Waals surface area contributed by atoms with Crippen LogP contribution in [0.25, 0.3) is 0 Å². The maximum Gasteiger partial charge on any atom is 0.159 e. The van der Waals surface area contributed by atoms with E-state index in [1.54, 1.807) is 13.0 Å². The standard InChI is InChI=1S/C30H48O6/c1-6-7-18-16-36-25(17(18)2)26(33)29(5,34)24-10-13-30(35)21-15-23(32)22-14-19(31)8-11-27(22,3)20(21)9-12-28(24,30)4/h15,17-20,22,24-26,31,33-35H,6-14,16H2,1-5H3/t17-,18+,19+,20+,22+,24+,25+,26-,27-,28-,29+,30-/m1/s1. The minimum absolute atomic E-state index is 0.0329. The molecular weight excluding hydrogens is 456 g/mol. The monoisotopic (exact) mass is 504 g/mol. The van der Waals surface area contributed by atoms with Gasteiger partial charge in [-0.05, 0) is 99.0 Å². The largest absolute Gasteiger partial charge is 0.393 e. The molecule has 0 unspecified atom stereocenters. The van der Waals surface area contributed by atoms with Crippen molar-refractivity contribution in [3.63, 3.8) is 0 Å². The number of ether oxygens (including phenoxy) is 1. The zero-order valence-corrected chi connectivity index (χ0v) is 22.9. The van der Waals surface area contributed by atoms with Crippen LogP contribution in [0.5, 0.6) is 0 Å². The molecule has 0 aromatic rings. The minimum Gasteiger partial charge on any atom is -0.393 e. The van der Waals surface area contributed by atoms with Crippen LogP contribution in [0.3, 0.4) is 0 Å². The Hall–Kier alpha value is -0.790. The highest BCUT2D eigenvalue weighted by Gasteiger charge is 2.69. The Labute approximate surface area is 216 Å². The number of carbonyl (C=O) groups is 1. The van der Waals surface area contributed by atoms with E-state index in [0.717, 1.165) is 37.7 Å². The summed E-state index contributed by atoms with van der Waals surface area (Å²) in [5, 5.41) is 46.1. The fourth-order valence-corrected chi connectivity index (χ4v) is 9.69. The van der Waals surface area contributed by atoms with Crippen molar-refractivity contribution in [2.24, 2.45) is 40.4 Å². The second-order valence-electron chi connectivity index (χ2n) is 13.8. The van der Waals surface area contributed by atoms with Crippen LogP contribution in [0.15, 0.2) is 11.6 Å². The number of hydrogen-bond acceptors (Lipinski definition) is 6. The smallest absolute Gasteiger partial charge is 0.159 e. The molecule has 0 spiro atoms. The first-order valence-electron chi connectivity index (χ1n) is 14.5. The molecule has 4 aliphatic carbocycles. The average Bonchev–Trinajstić information content (AvgIpc) is 3.32. The molecule has 1 saturated heterocycles. The fourth-order valence-electron chi connectivity index (χ4n) is 9.69. The van der Waals surface area contributed by atoms with Gasteiger partial charge in [-0.1, -0.05) is 34.1 Å². The highest BCUT2D eigenvalue weighted by Crippen LogP contribution is 2.68. The molecule has 0 amide bonds. The van der Waals surface area contributed by atoms with Crippen molar-refractivity contribution < 1.29 is 30.0 Å². The van der Waals surface area contributed by atoms with Gasteiger partial charge in [0.05, 0.1) is 30.0 Å². The van der Waals surface area contributed by atoms with E-state index in [0.29, 0.717) is 38.2 Å². The van der Waals surface area contributed by atoms with Gasteiger partial charge in [-0.2, -0.15) is 0 Å². The molecule has 36 heavy (non-hydrogen) atoms. The van der Waals surface area contributed by atoms with Crippen LogP contribution in [0, 0.1) is 40.4 Å². The van der Waals surface area contributed by atoms with Crippen molar-refractivity contribution in [3.8, 4) is 0 Å². The lowest BCUT2D eigenvalue weighted by atomic mass is 9.46. The molecule has 1 heterocycles. The summed E-state index contributed by atoms with van der Waals surface area (Å²) in [7, 11) is 0. The van der Waals surface area contributed by atoms with Crippen LogP contribution < -0.4 is 0 Å². The van der Waals surface area contributed by atoms with Gasteiger partial charge in [0, 0.05) is 11.3 Å². The summed E-state index contributed by atoms with van der Waals surface area (Å²) >= 11 is 0. The number of rotatable bonds is 5. The van der Waals surface area contributed by atoms with Crippen LogP contribution in [0.2, 0.25) is 0 Å². The summed E-state index contributed by atoms with van der Waals surface area (Å²) in [6, 6.07) is 0. The zero-order valence-electron chi connectivity index (χ0n) is 22.9. The highest BCUT2D eigenvalue weighted by molar-refractivity contribution is 5.95. The Morgan fingerprint density at radius 1 is 1.17 bits per heavy atom. The predicted molar refractivity (Wildman–Crippen MR) is 137 cm³/mol. The van der Waals surface area contributed by atoms with E-state index in [2.05, 4.69) is 27.7 Å². The van der Waals surface area contributed by atoms with Crippen molar-refractivity contribution in [3.05, 3.63) is 11.6 Å². The number of hydrogen-bond donors (Lipinski definition) is 4. The van der Waals surface area contributed by atoms with Gasteiger partial charge >= 0.3 is 0 Å². The van der Waals surface area contributed by atoms with Crippen LogP contribution in [0.1, 0.15) is 92.4 Å². The van der Waals surface area contributed by atoms with Gasteiger partial charge in [0.25, 0.3) is 0 Å². The summed E-state index contributed by atoms with van der Waals surface area (Å²) in [6.45, 7) is 10.9. The molecule has 0 aromatic carbocycles. The topological polar surface area (TPSA) is 107 Å². The van der Waals surface area contributed by atoms with E-state index < -0.39 is 34.9 Å². The summed E-state index contributed by atoms with van der Waals surface area (Å²) in [4.78, 5) is 13.3. The Balaban J connectivity index is 1.44. The number of fused-ring (bicyclic) bond motifs is 5. The second kappa shape index (κ2) is 8.87. The average molecular weight is 505 g/mol. The second-order valence-corrected chi connectivity index (χ2v) is 13.8. The predicted octanol–water partition coefficient (Wildman–Crippen LogP) is 3.78. The Bertz CT molecular complexity index is 913. The van der Waals surface area contributed by atoms with Gasteiger partial charge in [-0.25, -0.2) is 0 Å². The SMILES string of the molecule is CCC[C@H]1CO[C@H]([C@@H](O)[C@@](C)(O)[C@H]2CC[C@@]3(O)C4=CC(=O)[C@@H]5C[C@@H](O)CC[C@]5(C)[C@H]4CC[C@]23C)[C@@H]1C. The Morgan fingerprint density at radius 2 is 1.89 bits per heavy atom. The molecule has 4 N–H and O–H groups in total. The van der Waals surface area contributed by atoms with E-state index in [9.17, 15) is 25.2 Å². The molecule has 12 atom stereocenters. The van der Waals surface area contributed by atoms with Gasteiger partial charge in [-0.3, -0.25) is 4.79 Å². The molecule has 4 fully saturated rings. The lowest BCUT2D eigenvalue weighted by Gasteiger charge is -2.60. The van der Waals surface area contributed by atoms with E-state index in [1.807, 2.05) is 0 Å². The molecule has 6 heteroatoms. The third kappa shape index (κ3) is 3.57. The molecule has 3 saturated carbocycles. The quantitative estimate of drug-likeness (QED) is 0.454. The maximum absolute atomic E-state index is 13.3. The van der Waals surface area contributed by atoms with Crippen molar-refractivity contribution in [2.75, 3.05) is 6.61 Å². The van der Waals surface area contributed by atoms with Crippen LogP contribution in [-0.4, -0.2) is 62.3 Å². The number of carbonyl (C=O) groups excluding carboxylic acids is 1. The van der Waals surface area contributed by atoms with Gasteiger partial charge in [0.15, 0.2) is 5.78 Å². The Kier molecular flexibility index (Phi) is 6.61. The van der Waals surface area contributed by atoms with Crippen LogP contribution in [-0.2, 0) is 9.53 Å². The van der Waals surface area contributed by atoms with E-state index in [1.165, 1.54) is 0 Å². The number of aliphatic hydroxyl groups excluding tert-OH is 2. The third-order valence-electron chi connectivity index (χ3n) is 12.1. The number of allylic oxidation sites excluding steroid dienone is 1. The highest BCUT2D eigenvalue weighted by atomic mass is 16.5. The number of ketones is 1. The molecule has 0 radical (unpaired) electrons. The van der Waals surface area contributed by atoms with Crippen molar-refractivity contribution in [1.29, 1.82) is 0 Å². The molecule has 0 bridgehead atoms. The summed E-state index contributed by atoms with van der Waals surface area (Å²) in [5.41, 5.74) is -2.66. The zero-order chi connectivity index (χ0) is 26.3. The lowest BCUT2D eigenvalue weighted by molar-refractivity contribution is -0.193. The van der Waals surface area contributed by atoms with E-state index >= 15 is 0 Å². The van der Waals surface area contributed by atoms with Crippen molar-refractivity contribution >= 4 is 5.78 Å². The lowest BCUT2D eigenvalue weighted by Crippen LogP contribution is -2.63. The van der Waals surface area contributed by atoms with E-state index in [4.69, 9.17) is 4.74 Å². The van der Waals surface area contributed by atoms with Crippen LogP contribution in [0.4, 0.5) is 0 Å².